The fraction of sp³-hybridized carbons (Fsp3) is 0.150. The minimum atomic E-state index is 0.170. The summed E-state index contributed by atoms with van der Waals surface area (Å²) in [7, 11) is 0. The van der Waals surface area contributed by atoms with Crippen LogP contribution in [0.3, 0.4) is 0 Å². The first-order valence-electron chi connectivity index (χ1n) is 8.42. The maximum atomic E-state index is 10.2. The SMILES string of the molecule is CC(C)n1nc(-c2cc(-c3ccccc3O)nc(=S)[nH]2)c2ccccc21. The average molecular weight is 362 g/mol. The largest absolute Gasteiger partial charge is 0.507 e. The first-order valence-corrected chi connectivity index (χ1v) is 8.83. The molecule has 5 nitrogen and oxygen atoms in total. The van der Waals surface area contributed by atoms with Crippen molar-refractivity contribution in [1.82, 2.24) is 19.7 Å². The van der Waals surface area contributed by atoms with Crippen molar-refractivity contribution in [2.24, 2.45) is 0 Å². The van der Waals surface area contributed by atoms with Crippen LogP contribution < -0.4 is 0 Å². The van der Waals surface area contributed by atoms with E-state index in [2.05, 4.69) is 29.9 Å². The predicted molar refractivity (Wildman–Crippen MR) is 106 cm³/mol. The van der Waals surface area contributed by atoms with Gasteiger partial charge in [0.15, 0.2) is 4.77 Å². The van der Waals surface area contributed by atoms with Crippen LogP contribution in [0.5, 0.6) is 5.75 Å². The standard InChI is InChI=1S/C20H18N4OS/c1-12(2)24-17-9-5-3-8-14(17)19(23-24)16-11-15(21-20(26)22-16)13-7-4-6-10-18(13)25/h3-12,25H,1-2H3,(H,21,22,26). The lowest BCUT2D eigenvalue weighted by molar-refractivity contribution is 0.477. The molecule has 0 saturated carbocycles. The fourth-order valence-electron chi connectivity index (χ4n) is 3.10. The van der Waals surface area contributed by atoms with Gasteiger partial charge in [0.25, 0.3) is 0 Å². The molecule has 0 aliphatic rings. The molecule has 0 radical (unpaired) electrons. The molecule has 0 aliphatic carbocycles. The summed E-state index contributed by atoms with van der Waals surface area (Å²) in [6.07, 6.45) is 0. The highest BCUT2D eigenvalue weighted by molar-refractivity contribution is 7.71. The van der Waals surface area contributed by atoms with Gasteiger partial charge in [-0.3, -0.25) is 4.68 Å². The molecule has 0 atom stereocenters. The highest BCUT2D eigenvalue weighted by atomic mass is 32.1. The number of para-hydroxylation sites is 2. The number of phenolic OH excluding ortho intramolecular Hbond substituents is 1. The van der Waals surface area contributed by atoms with Crippen LogP contribution in [0, 0.1) is 4.77 Å². The van der Waals surface area contributed by atoms with Crippen molar-refractivity contribution < 1.29 is 5.11 Å². The number of phenols is 1. The number of H-pyrrole nitrogens is 1. The monoisotopic (exact) mass is 362 g/mol. The van der Waals surface area contributed by atoms with Gasteiger partial charge in [-0.05, 0) is 50.3 Å². The summed E-state index contributed by atoms with van der Waals surface area (Å²) in [5.41, 5.74) is 3.92. The van der Waals surface area contributed by atoms with E-state index in [0.29, 0.717) is 16.0 Å². The van der Waals surface area contributed by atoms with E-state index in [1.807, 2.05) is 41.1 Å². The van der Waals surface area contributed by atoms with Gasteiger partial charge >= 0.3 is 0 Å². The Hall–Kier alpha value is -2.99. The van der Waals surface area contributed by atoms with Gasteiger partial charge in [-0.25, -0.2) is 4.98 Å². The van der Waals surface area contributed by atoms with Crippen LogP contribution in [0.2, 0.25) is 0 Å². The van der Waals surface area contributed by atoms with Crippen molar-refractivity contribution in [1.29, 1.82) is 0 Å². The van der Waals surface area contributed by atoms with Crippen molar-refractivity contribution in [2.45, 2.75) is 19.9 Å². The normalized spacial score (nSPS) is 11.3. The Morgan fingerprint density at radius 1 is 1.08 bits per heavy atom. The molecule has 6 heteroatoms. The Morgan fingerprint density at radius 2 is 1.81 bits per heavy atom. The lowest BCUT2D eigenvalue weighted by Crippen LogP contribution is -2.02. The zero-order valence-corrected chi connectivity index (χ0v) is 15.3. The molecule has 2 aromatic carbocycles. The summed E-state index contributed by atoms with van der Waals surface area (Å²) >= 11 is 5.33. The van der Waals surface area contributed by atoms with Crippen molar-refractivity contribution in [3.8, 4) is 28.4 Å². The number of nitrogens with one attached hydrogen (secondary N) is 1. The quantitative estimate of drug-likeness (QED) is 0.497. The molecule has 0 amide bonds. The van der Waals surface area contributed by atoms with E-state index in [1.165, 1.54) is 0 Å². The first-order chi connectivity index (χ1) is 12.5. The molecule has 4 rings (SSSR count). The topological polar surface area (TPSA) is 66.7 Å². The van der Waals surface area contributed by atoms with Crippen LogP contribution in [-0.2, 0) is 0 Å². The van der Waals surface area contributed by atoms with E-state index in [0.717, 1.165) is 22.3 Å². The van der Waals surface area contributed by atoms with Crippen molar-refractivity contribution >= 4 is 23.1 Å². The van der Waals surface area contributed by atoms with Crippen LogP contribution in [0.1, 0.15) is 19.9 Å². The molecule has 4 aromatic rings. The molecule has 130 valence electrons. The van der Waals surface area contributed by atoms with Crippen LogP contribution >= 0.6 is 12.2 Å². The van der Waals surface area contributed by atoms with Crippen LogP contribution in [0.25, 0.3) is 33.5 Å². The molecule has 2 N–H and O–H groups in total. The van der Waals surface area contributed by atoms with Crippen LogP contribution in [0.4, 0.5) is 0 Å². The minimum Gasteiger partial charge on any atom is -0.507 e. The lowest BCUT2D eigenvalue weighted by atomic mass is 10.1. The number of hydrogen-bond acceptors (Lipinski definition) is 4. The minimum absolute atomic E-state index is 0.170. The van der Waals surface area contributed by atoms with Gasteiger partial charge in [-0.1, -0.05) is 30.3 Å². The lowest BCUT2D eigenvalue weighted by Gasteiger charge is -2.07. The molecule has 0 fully saturated rings. The molecule has 0 unspecified atom stereocenters. The maximum Gasteiger partial charge on any atom is 0.197 e. The second-order valence-corrected chi connectivity index (χ2v) is 6.79. The predicted octanol–water partition coefficient (Wildman–Crippen LogP) is 5.11. The zero-order chi connectivity index (χ0) is 18.3. The van der Waals surface area contributed by atoms with Gasteiger partial charge in [0.2, 0.25) is 0 Å². The highest BCUT2D eigenvalue weighted by Gasteiger charge is 2.16. The number of hydrogen-bond donors (Lipinski definition) is 2. The number of nitrogens with zero attached hydrogens (tertiary/aromatic N) is 3. The summed E-state index contributed by atoms with van der Waals surface area (Å²) < 4.78 is 2.35. The average Bonchev–Trinajstić information content (AvgIpc) is 3.01. The summed E-state index contributed by atoms with van der Waals surface area (Å²) in [6, 6.07) is 17.3. The molecular weight excluding hydrogens is 344 g/mol. The zero-order valence-electron chi connectivity index (χ0n) is 14.5. The van der Waals surface area contributed by atoms with E-state index < -0.39 is 0 Å². The van der Waals surface area contributed by atoms with E-state index in [1.54, 1.807) is 12.1 Å². The maximum absolute atomic E-state index is 10.2. The van der Waals surface area contributed by atoms with E-state index in [-0.39, 0.29) is 11.8 Å². The number of benzene rings is 2. The van der Waals surface area contributed by atoms with Gasteiger partial charge in [0, 0.05) is 17.0 Å². The second-order valence-electron chi connectivity index (χ2n) is 6.41. The second kappa shape index (κ2) is 6.38. The molecule has 0 aliphatic heterocycles. The number of fused-ring (bicyclic) bond motifs is 1. The Labute approximate surface area is 156 Å². The smallest absolute Gasteiger partial charge is 0.197 e. The van der Waals surface area contributed by atoms with Crippen molar-refractivity contribution in [2.75, 3.05) is 0 Å². The van der Waals surface area contributed by atoms with Crippen molar-refractivity contribution in [3.63, 3.8) is 0 Å². The Kier molecular flexibility index (Phi) is 4.05. The summed E-state index contributed by atoms with van der Waals surface area (Å²) in [6.45, 7) is 4.21. The van der Waals surface area contributed by atoms with Gasteiger partial charge in [0.05, 0.1) is 16.9 Å². The van der Waals surface area contributed by atoms with E-state index in [9.17, 15) is 5.11 Å². The summed E-state index contributed by atoms with van der Waals surface area (Å²) in [5, 5.41) is 16.0. The molecule has 2 heterocycles. The van der Waals surface area contributed by atoms with Crippen LogP contribution in [0.15, 0.2) is 54.6 Å². The van der Waals surface area contributed by atoms with Gasteiger partial charge in [-0.2, -0.15) is 5.10 Å². The van der Waals surface area contributed by atoms with Gasteiger partial charge in [0.1, 0.15) is 11.4 Å². The van der Waals surface area contributed by atoms with E-state index in [4.69, 9.17) is 17.3 Å². The summed E-state index contributed by atoms with van der Waals surface area (Å²) in [4.78, 5) is 7.52. The Balaban J connectivity index is 1.97. The molecule has 26 heavy (non-hydrogen) atoms. The number of aromatic nitrogens is 4. The summed E-state index contributed by atoms with van der Waals surface area (Å²) in [5.74, 6) is 0.170. The molecular formula is C20H18N4OS. The number of aromatic hydroxyl groups is 1. The number of rotatable bonds is 3. The van der Waals surface area contributed by atoms with Gasteiger partial charge < -0.3 is 10.1 Å². The van der Waals surface area contributed by atoms with E-state index >= 15 is 0 Å². The Morgan fingerprint density at radius 3 is 2.58 bits per heavy atom. The molecule has 2 aromatic heterocycles. The third-order valence-electron chi connectivity index (χ3n) is 4.28. The highest BCUT2D eigenvalue weighted by Crippen LogP contribution is 2.32. The Bertz CT molecular complexity index is 1160. The molecule has 0 bridgehead atoms. The number of aromatic amines is 1. The fourth-order valence-corrected chi connectivity index (χ4v) is 3.30. The van der Waals surface area contributed by atoms with Gasteiger partial charge in [-0.15, -0.1) is 0 Å². The van der Waals surface area contributed by atoms with Crippen molar-refractivity contribution in [3.05, 3.63) is 59.4 Å². The molecule has 0 spiro atoms. The third kappa shape index (κ3) is 2.78. The first kappa shape index (κ1) is 16.5. The van der Waals surface area contributed by atoms with Crippen LogP contribution in [-0.4, -0.2) is 24.9 Å². The molecule has 0 saturated heterocycles. The third-order valence-corrected chi connectivity index (χ3v) is 4.48.